The predicted octanol–water partition coefficient (Wildman–Crippen LogP) is 3.11. The van der Waals surface area contributed by atoms with Gasteiger partial charge in [-0.05, 0) is 40.6 Å². The SMILES string of the molecule is CN(C)C(=O)COc1cccc(C(=O)C=Cc2ccsc2)c1. The standard InChI is InChI=1S/C17H17NO3S/c1-18(2)17(20)11-21-15-5-3-4-14(10-15)16(19)7-6-13-8-9-22-12-13/h3-10,12H,11H2,1-2H3. The van der Waals surface area contributed by atoms with Crippen LogP contribution in [0.2, 0.25) is 0 Å². The van der Waals surface area contributed by atoms with Crippen molar-refractivity contribution < 1.29 is 14.3 Å². The molecule has 0 aliphatic rings. The minimum atomic E-state index is -0.130. The van der Waals surface area contributed by atoms with Crippen molar-refractivity contribution in [3.05, 3.63) is 58.3 Å². The third kappa shape index (κ3) is 4.56. The Morgan fingerprint density at radius 3 is 2.77 bits per heavy atom. The van der Waals surface area contributed by atoms with Gasteiger partial charge < -0.3 is 9.64 Å². The Balaban J connectivity index is 2.01. The molecule has 0 saturated heterocycles. The fourth-order valence-electron chi connectivity index (χ4n) is 1.65. The van der Waals surface area contributed by atoms with Crippen LogP contribution in [0.3, 0.4) is 0 Å². The zero-order chi connectivity index (χ0) is 15.9. The van der Waals surface area contributed by atoms with Crippen molar-refractivity contribution in [1.29, 1.82) is 0 Å². The molecule has 2 aromatic rings. The van der Waals surface area contributed by atoms with E-state index in [1.165, 1.54) is 11.0 Å². The number of ether oxygens (including phenoxy) is 1. The highest BCUT2D eigenvalue weighted by molar-refractivity contribution is 7.08. The van der Waals surface area contributed by atoms with Crippen LogP contribution in [0.15, 0.2) is 47.2 Å². The van der Waals surface area contributed by atoms with Crippen LogP contribution in [0.5, 0.6) is 5.75 Å². The van der Waals surface area contributed by atoms with Gasteiger partial charge in [-0.1, -0.05) is 18.2 Å². The van der Waals surface area contributed by atoms with Crippen molar-refractivity contribution in [2.45, 2.75) is 0 Å². The van der Waals surface area contributed by atoms with Crippen molar-refractivity contribution in [2.24, 2.45) is 0 Å². The zero-order valence-corrected chi connectivity index (χ0v) is 13.3. The summed E-state index contributed by atoms with van der Waals surface area (Å²) in [6, 6.07) is 8.77. The molecule has 0 unspecified atom stereocenters. The van der Waals surface area contributed by atoms with E-state index in [4.69, 9.17) is 4.74 Å². The minimum absolute atomic E-state index is 0.0462. The van der Waals surface area contributed by atoms with E-state index in [0.29, 0.717) is 11.3 Å². The van der Waals surface area contributed by atoms with Crippen LogP contribution in [-0.2, 0) is 4.79 Å². The first-order valence-electron chi connectivity index (χ1n) is 6.74. The quantitative estimate of drug-likeness (QED) is 0.608. The molecule has 0 spiro atoms. The van der Waals surface area contributed by atoms with Crippen LogP contribution in [-0.4, -0.2) is 37.3 Å². The summed E-state index contributed by atoms with van der Waals surface area (Å²) in [5.41, 5.74) is 1.53. The van der Waals surface area contributed by atoms with Gasteiger partial charge >= 0.3 is 0 Å². The number of carbonyl (C=O) groups is 2. The summed E-state index contributed by atoms with van der Waals surface area (Å²) < 4.78 is 5.40. The molecule has 1 aromatic heterocycles. The van der Waals surface area contributed by atoms with E-state index in [-0.39, 0.29) is 18.3 Å². The second kappa shape index (κ2) is 7.56. The molecule has 0 aliphatic heterocycles. The smallest absolute Gasteiger partial charge is 0.259 e. The van der Waals surface area contributed by atoms with Crippen molar-refractivity contribution in [3.8, 4) is 5.75 Å². The molecule has 0 atom stereocenters. The van der Waals surface area contributed by atoms with E-state index >= 15 is 0 Å². The molecule has 0 bridgehead atoms. The van der Waals surface area contributed by atoms with Gasteiger partial charge in [0.2, 0.25) is 0 Å². The van der Waals surface area contributed by atoms with Crippen molar-refractivity contribution in [3.63, 3.8) is 0 Å². The maximum atomic E-state index is 12.1. The van der Waals surface area contributed by atoms with E-state index in [1.54, 1.807) is 55.8 Å². The topological polar surface area (TPSA) is 46.6 Å². The molecule has 1 aromatic carbocycles. The summed E-state index contributed by atoms with van der Waals surface area (Å²) in [4.78, 5) is 25.1. The van der Waals surface area contributed by atoms with Crippen LogP contribution in [0.25, 0.3) is 6.08 Å². The number of thiophene rings is 1. The Kier molecular flexibility index (Phi) is 5.49. The molecule has 4 nitrogen and oxygen atoms in total. The molecule has 2 rings (SSSR count). The summed E-state index contributed by atoms with van der Waals surface area (Å²) in [5.74, 6) is 0.273. The van der Waals surface area contributed by atoms with E-state index in [1.807, 2.05) is 16.8 Å². The number of nitrogens with zero attached hydrogens (tertiary/aromatic N) is 1. The summed E-state index contributed by atoms with van der Waals surface area (Å²) >= 11 is 1.58. The molecule has 0 radical (unpaired) electrons. The monoisotopic (exact) mass is 315 g/mol. The Hall–Kier alpha value is -2.40. The number of benzene rings is 1. The fraction of sp³-hybridized carbons (Fsp3) is 0.176. The van der Waals surface area contributed by atoms with Gasteiger partial charge in [-0.3, -0.25) is 9.59 Å². The minimum Gasteiger partial charge on any atom is -0.484 e. The number of allylic oxidation sites excluding steroid dienone is 1. The third-order valence-electron chi connectivity index (χ3n) is 2.95. The molecule has 1 amide bonds. The number of likely N-dealkylation sites (N-methyl/N-ethyl adjacent to an activating group) is 1. The molecule has 0 aliphatic carbocycles. The lowest BCUT2D eigenvalue weighted by Crippen LogP contribution is -2.27. The van der Waals surface area contributed by atoms with Crippen LogP contribution < -0.4 is 4.74 Å². The first-order chi connectivity index (χ1) is 10.6. The first-order valence-corrected chi connectivity index (χ1v) is 7.68. The van der Waals surface area contributed by atoms with Gasteiger partial charge in [0.1, 0.15) is 5.75 Å². The zero-order valence-electron chi connectivity index (χ0n) is 12.5. The fourth-order valence-corrected chi connectivity index (χ4v) is 2.28. The van der Waals surface area contributed by atoms with Gasteiger partial charge in [-0.2, -0.15) is 11.3 Å². The molecule has 1 heterocycles. The molecule has 5 heteroatoms. The molecule has 114 valence electrons. The average molecular weight is 315 g/mol. The maximum Gasteiger partial charge on any atom is 0.259 e. The summed E-state index contributed by atoms with van der Waals surface area (Å²) in [6.45, 7) is -0.0462. The highest BCUT2D eigenvalue weighted by atomic mass is 32.1. The van der Waals surface area contributed by atoms with E-state index in [0.717, 1.165) is 5.56 Å². The number of rotatable bonds is 6. The highest BCUT2D eigenvalue weighted by Gasteiger charge is 2.07. The largest absolute Gasteiger partial charge is 0.484 e. The Morgan fingerprint density at radius 2 is 2.09 bits per heavy atom. The van der Waals surface area contributed by atoms with Gasteiger partial charge in [-0.15, -0.1) is 0 Å². The Bertz CT molecular complexity index is 675. The lowest BCUT2D eigenvalue weighted by molar-refractivity contribution is -0.130. The number of hydrogen-bond donors (Lipinski definition) is 0. The number of ketones is 1. The number of hydrogen-bond acceptors (Lipinski definition) is 4. The second-order valence-electron chi connectivity index (χ2n) is 4.86. The molecule has 0 fully saturated rings. The van der Waals surface area contributed by atoms with Crippen molar-refractivity contribution in [2.75, 3.05) is 20.7 Å². The Labute approximate surface area is 133 Å². The van der Waals surface area contributed by atoms with Gasteiger partial charge in [0.05, 0.1) is 0 Å². The van der Waals surface area contributed by atoms with Crippen molar-refractivity contribution >= 4 is 29.1 Å². The summed E-state index contributed by atoms with van der Waals surface area (Å²) in [6.07, 6.45) is 3.31. The molecular weight excluding hydrogens is 298 g/mol. The van der Waals surface area contributed by atoms with Gasteiger partial charge in [0.15, 0.2) is 12.4 Å². The second-order valence-corrected chi connectivity index (χ2v) is 5.64. The molecule has 0 N–H and O–H groups in total. The highest BCUT2D eigenvalue weighted by Crippen LogP contribution is 2.15. The van der Waals surface area contributed by atoms with Crippen LogP contribution in [0, 0.1) is 0 Å². The van der Waals surface area contributed by atoms with E-state index in [2.05, 4.69) is 0 Å². The normalized spacial score (nSPS) is 10.6. The predicted molar refractivity (Wildman–Crippen MR) is 88.3 cm³/mol. The molecule has 0 saturated carbocycles. The van der Waals surface area contributed by atoms with E-state index < -0.39 is 0 Å². The third-order valence-corrected chi connectivity index (χ3v) is 3.65. The Morgan fingerprint density at radius 1 is 1.27 bits per heavy atom. The van der Waals surface area contributed by atoms with Crippen LogP contribution in [0.4, 0.5) is 0 Å². The first kappa shape index (κ1) is 16.0. The van der Waals surface area contributed by atoms with E-state index in [9.17, 15) is 9.59 Å². The molecular formula is C17H17NO3S. The van der Waals surface area contributed by atoms with Crippen molar-refractivity contribution in [1.82, 2.24) is 4.90 Å². The summed E-state index contributed by atoms with van der Waals surface area (Å²) in [7, 11) is 3.34. The van der Waals surface area contributed by atoms with Crippen LogP contribution in [0.1, 0.15) is 15.9 Å². The maximum absolute atomic E-state index is 12.1. The van der Waals surface area contributed by atoms with Crippen LogP contribution >= 0.6 is 11.3 Å². The summed E-state index contributed by atoms with van der Waals surface area (Å²) in [5, 5.41) is 3.93. The average Bonchev–Trinajstić information content (AvgIpc) is 3.03. The number of amides is 1. The van der Waals surface area contributed by atoms with Gasteiger partial charge in [0, 0.05) is 19.7 Å². The van der Waals surface area contributed by atoms with Gasteiger partial charge in [0.25, 0.3) is 5.91 Å². The molecule has 22 heavy (non-hydrogen) atoms. The lowest BCUT2D eigenvalue weighted by Gasteiger charge is -2.11. The number of carbonyl (C=O) groups excluding carboxylic acids is 2. The lowest BCUT2D eigenvalue weighted by atomic mass is 10.1. The van der Waals surface area contributed by atoms with Gasteiger partial charge in [-0.25, -0.2) is 0 Å².